The third kappa shape index (κ3) is 1.68. The van der Waals surface area contributed by atoms with Gasteiger partial charge in [0.2, 0.25) is 0 Å². The van der Waals surface area contributed by atoms with Gasteiger partial charge in [0.05, 0.1) is 0 Å². The van der Waals surface area contributed by atoms with Gasteiger partial charge in [0, 0.05) is 0 Å². The highest BCUT2D eigenvalue weighted by Gasteiger charge is 2.22. The summed E-state index contributed by atoms with van der Waals surface area (Å²) in [7, 11) is 0. The van der Waals surface area contributed by atoms with Crippen molar-refractivity contribution in [2.75, 3.05) is 0 Å². The molecule has 5 rings (SSSR count). The quantitative estimate of drug-likeness (QED) is 0.296. The molecule has 0 heterocycles. The lowest BCUT2D eigenvalue weighted by Crippen LogP contribution is -1.91. The Labute approximate surface area is 142 Å². The molecule has 0 radical (unpaired) electrons. The van der Waals surface area contributed by atoms with Crippen molar-refractivity contribution in [3.05, 3.63) is 83.9 Å². The lowest BCUT2D eigenvalue weighted by Gasteiger charge is -2.15. The zero-order valence-electron chi connectivity index (χ0n) is 13.9. The topological polar surface area (TPSA) is 0 Å². The van der Waals surface area contributed by atoms with Gasteiger partial charge in [-0.3, -0.25) is 0 Å². The molecule has 1 aliphatic carbocycles. The number of fused-ring (bicyclic) bond motifs is 5. The molecular weight excluding hydrogens is 288 g/mol. The van der Waals surface area contributed by atoms with Gasteiger partial charge in [-0.05, 0) is 69.1 Å². The van der Waals surface area contributed by atoms with Crippen LogP contribution in [0, 0.1) is 13.8 Å². The Balaban J connectivity index is 2.11. The van der Waals surface area contributed by atoms with Crippen molar-refractivity contribution in [1.29, 1.82) is 0 Å². The second-order valence-electron chi connectivity index (χ2n) is 6.68. The van der Waals surface area contributed by atoms with E-state index < -0.39 is 0 Å². The van der Waals surface area contributed by atoms with Crippen LogP contribution in [0.4, 0.5) is 0 Å². The zero-order valence-corrected chi connectivity index (χ0v) is 13.9. The van der Waals surface area contributed by atoms with E-state index in [-0.39, 0.29) is 0 Å². The average molecular weight is 306 g/mol. The first-order chi connectivity index (χ1) is 11.8. The van der Waals surface area contributed by atoms with Gasteiger partial charge in [-0.2, -0.15) is 0 Å². The van der Waals surface area contributed by atoms with E-state index in [9.17, 15) is 0 Å². The van der Waals surface area contributed by atoms with Crippen molar-refractivity contribution in [3.8, 4) is 33.4 Å². The maximum absolute atomic E-state index is 2.29. The molecule has 0 nitrogen and oxygen atoms in total. The summed E-state index contributed by atoms with van der Waals surface area (Å²) in [6.45, 7) is 4.46. The largest absolute Gasteiger partial charge is 0.0616 e. The molecule has 0 spiro atoms. The van der Waals surface area contributed by atoms with Crippen LogP contribution in [0.15, 0.2) is 72.8 Å². The fourth-order valence-corrected chi connectivity index (χ4v) is 4.11. The van der Waals surface area contributed by atoms with Crippen LogP contribution < -0.4 is 0 Å². The van der Waals surface area contributed by atoms with Gasteiger partial charge in [-0.1, -0.05) is 72.8 Å². The van der Waals surface area contributed by atoms with Crippen molar-refractivity contribution in [3.63, 3.8) is 0 Å². The summed E-state index contributed by atoms with van der Waals surface area (Å²) >= 11 is 0. The normalized spacial score (nSPS) is 11.8. The average Bonchev–Trinajstić information content (AvgIpc) is 2.74. The highest BCUT2D eigenvalue weighted by atomic mass is 14.3. The standard InChI is InChI=1S/C24H18/c1-15-13-14-21-19-10-4-3-9-18(19)20-11-5-7-17-8-6-12-22(24(17)20)23(21)16(15)2/h3-14H,1-2H3. The molecule has 0 unspecified atom stereocenters. The number of hydrogen-bond donors (Lipinski definition) is 0. The molecule has 114 valence electrons. The first kappa shape index (κ1) is 13.6. The molecule has 0 atom stereocenters. The van der Waals surface area contributed by atoms with Crippen molar-refractivity contribution < 1.29 is 0 Å². The fourth-order valence-electron chi connectivity index (χ4n) is 4.11. The molecule has 0 aliphatic heterocycles. The van der Waals surface area contributed by atoms with Gasteiger partial charge in [0.15, 0.2) is 0 Å². The summed E-state index contributed by atoms with van der Waals surface area (Å²) in [5, 5.41) is 2.69. The molecule has 0 N–H and O–H groups in total. The van der Waals surface area contributed by atoms with Crippen LogP contribution in [0.5, 0.6) is 0 Å². The van der Waals surface area contributed by atoms with Crippen LogP contribution in [0.3, 0.4) is 0 Å². The zero-order chi connectivity index (χ0) is 16.3. The smallest absolute Gasteiger partial charge is 0.00263 e. The highest BCUT2D eigenvalue weighted by Crippen LogP contribution is 2.48. The first-order valence-electron chi connectivity index (χ1n) is 8.48. The molecule has 1 aliphatic rings. The summed E-state index contributed by atoms with van der Waals surface area (Å²) in [5.41, 5.74) is 10.8. The lowest BCUT2D eigenvalue weighted by molar-refractivity contribution is 1.34. The van der Waals surface area contributed by atoms with Crippen LogP contribution in [0.2, 0.25) is 0 Å². The van der Waals surface area contributed by atoms with E-state index in [1.807, 2.05) is 0 Å². The van der Waals surface area contributed by atoms with E-state index in [0.717, 1.165) is 0 Å². The number of rotatable bonds is 0. The molecule has 0 heteroatoms. The van der Waals surface area contributed by atoms with Gasteiger partial charge in [0.25, 0.3) is 0 Å². The van der Waals surface area contributed by atoms with E-state index in [1.165, 1.54) is 55.3 Å². The number of aryl methyl sites for hydroxylation is 1. The minimum absolute atomic E-state index is 1.31. The van der Waals surface area contributed by atoms with E-state index >= 15 is 0 Å². The van der Waals surface area contributed by atoms with E-state index in [4.69, 9.17) is 0 Å². The minimum Gasteiger partial charge on any atom is -0.0616 e. The predicted octanol–water partition coefficient (Wildman–Crippen LogP) is 6.77. The SMILES string of the molecule is Cc1ccc2c(c1C)-c1cccc3cccc(c13)-c1ccccc1-2. The molecule has 24 heavy (non-hydrogen) atoms. The van der Waals surface area contributed by atoms with Gasteiger partial charge in [-0.15, -0.1) is 0 Å². The van der Waals surface area contributed by atoms with Crippen molar-refractivity contribution in [1.82, 2.24) is 0 Å². The van der Waals surface area contributed by atoms with Crippen LogP contribution in [-0.2, 0) is 0 Å². The van der Waals surface area contributed by atoms with Crippen LogP contribution in [-0.4, -0.2) is 0 Å². The van der Waals surface area contributed by atoms with Gasteiger partial charge < -0.3 is 0 Å². The Bertz CT molecular complexity index is 1110. The summed E-state index contributed by atoms with van der Waals surface area (Å²) in [6, 6.07) is 26.7. The summed E-state index contributed by atoms with van der Waals surface area (Å²) in [5.74, 6) is 0. The molecule has 0 bridgehead atoms. The van der Waals surface area contributed by atoms with Crippen LogP contribution in [0.1, 0.15) is 11.1 Å². The third-order valence-electron chi connectivity index (χ3n) is 5.42. The summed E-state index contributed by atoms with van der Waals surface area (Å²) in [4.78, 5) is 0. The van der Waals surface area contributed by atoms with E-state index in [1.54, 1.807) is 0 Å². The third-order valence-corrected chi connectivity index (χ3v) is 5.42. The van der Waals surface area contributed by atoms with Crippen molar-refractivity contribution >= 4 is 10.8 Å². The number of benzene rings is 4. The fraction of sp³-hybridized carbons (Fsp3) is 0.0833. The van der Waals surface area contributed by atoms with Gasteiger partial charge >= 0.3 is 0 Å². The molecule has 0 saturated heterocycles. The van der Waals surface area contributed by atoms with E-state index in [0.29, 0.717) is 0 Å². The summed E-state index contributed by atoms with van der Waals surface area (Å²) in [6.07, 6.45) is 0. The first-order valence-corrected chi connectivity index (χ1v) is 8.48. The van der Waals surface area contributed by atoms with E-state index in [2.05, 4.69) is 86.6 Å². The number of hydrogen-bond acceptors (Lipinski definition) is 0. The Morgan fingerprint density at radius 1 is 0.500 bits per heavy atom. The molecular formula is C24H18. The Kier molecular flexibility index (Phi) is 2.72. The second-order valence-corrected chi connectivity index (χ2v) is 6.68. The van der Waals surface area contributed by atoms with Crippen LogP contribution in [0.25, 0.3) is 44.2 Å². The Morgan fingerprint density at radius 2 is 1.12 bits per heavy atom. The molecule has 0 fully saturated rings. The Morgan fingerprint density at radius 3 is 1.88 bits per heavy atom. The highest BCUT2D eigenvalue weighted by molar-refractivity contribution is 6.13. The minimum atomic E-state index is 1.31. The second kappa shape index (κ2) is 4.82. The molecule has 0 amide bonds. The van der Waals surface area contributed by atoms with Crippen LogP contribution >= 0.6 is 0 Å². The van der Waals surface area contributed by atoms with Gasteiger partial charge in [-0.25, -0.2) is 0 Å². The molecule has 4 aromatic carbocycles. The van der Waals surface area contributed by atoms with Gasteiger partial charge in [0.1, 0.15) is 0 Å². The maximum Gasteiger partial charge on any atom is -0.00263 e. The predicted molar refractivity (Wildman–Crippen MR) is 103 cm³/mol. The molecule has 0 aromatic heterocycles. The van der Waals surface area contributed by atoms with Crippen molar-refractivity contribution in [2.24, 2.45) is 0 Å². The molecule has 0 saturated carbocycles. The monoisotopic (exact) mass is 306 g/mol. The Hall–Kier alpha value is -2.86. The lowest BCUT2D eigenvalue weighted by atomic mass is 9.88. The van der Waals surface area contributed by atoms with Crippen molar-refractivity contribution in [2.45, 2.75) is 13.8 Å². The summed E-state index contributed by atoms with van der Waals surface area (Å²) < 4.78 is 0. The maximum atomic E-state index is 2.29. The molecule has 4 aromatic rings.